The van der Waals surface area contributed by atoms with E-state index in [1.165, 1.54) is 25.3 Å². The lowest BCUT2D eigenvalue weighted by molar-refractivity contribution is 0.0944. The van der Waals surface area contributed by atoms with E-state index in [0.29, 0.717) is 41.4 Å². The average molecular weight is 329 g/mol. The van der Waals surface area contributed by atoms with Crippen LogP contribution in [-0.4, -0.2) is 19.1 Å². The van der Waals surface area contributed by atoms with Crippen molar-refractivity contribution in [1.29, 1.82) is 0 Å². The molecule has 1 fully saturated rings. The molecule has 0 unspecified atom stereocenters. The Hall–Kier alpha value is -2.30. The molecule has 1 N–H and O–H groups in total. The van der Waals surface area contributed by atoms with Crippen LogP contribution in [0.5, 0.6) is 5.75 Å². The molecule has 0 bridgehead atoms. The summed E-state index contributed by atoms with van der Waals surface area (Å²) in [6.45, 7) is 3.07. The Labute approximate surface area is 141 Å². The highest BCUT2D eigenvalue weighted by atomic mass is 16.5. The van der Waals surface area contributed by atoms with Crippen molar-refractivity contribution < 1.29 is 13.9 Å². The maximum Gasteiger partial charge on any atom is 0.337 e. The second-order valence-electron chi connectivity index (χ2n) is 6.28. The van der Waals surface area contributed by atoms with E-state index in [0.717, 1.165) is 12.8 Å². The molecule has 1 aliphatic rings. The minimum atomic E-state index is -0.529. The van der Waals surface area contributed by atoms with E-state index in [1.807, 2.05) is 6.92 Å². The third kappa shape index (κ3) is 3.78. The van der Waals surface area contributed by atoms with Gasteiger partial charge < -0.3 is 14.5 Å². The second kappa shape index (κ2) is 7.51. The standard InChI is InChI=1S/C19H23NO4/c1-2-23-14-8-9-15-16(11-18(21)24-17(15)10-14)19(22)20-12-13-6-4-3-5-7-13/h8-11,13H,2-7,12H2,1H3,(H,20,22). The number of rotatable bonds is 5. The lowest BCUT2D eigenvalue weighted by Gasteiger charge is -2.21. The highest BCUT2D eigenvalue weighted by Crippen LogP contribution is 2.24. The predicted molar refractivity (Wildman–Crippen MR) is 92.6 cm³/mol. The summed E-state index contributed by atoms with van der Waals surface area (Å²) in [5, 5.41) is 3.60. The third-order valence-electron chi connectivity index (χ3n) is 4.55. The highest BCUT2D eigenvalue weighted by Gasteiger charge is 2.17. The Morgan fingerprint density at radius 1 is 1.25 bits per heavy atom. The molecule has 5 heteroatoms. The van der Waals surface area contributed by atoms with Crippen LogP contribution in [0.15, 0.2) is 33.5 Å². The number of hydrogen-bond donors (Lipinski definition) is 1. The topological polar surface area (TPSA) is 68.5 Å². The molecule has 128 valence electrons. The van der Waals surface area contributed by atoms with Crippen LogP contribution in [0.25, 0.3) is 11.0 Å². The summed E-state index contributed by atoms with van der Waals surface area (Å²) in [7, 11) is 0. The van der Waals surface area contributed by atoms with Gasteiger partial charge in [-0.3, -0.25) is 4.79 Å². The third-order valence-corrected chi connectivity index (χ3v) is 4.55. The summed E-state index contributed by atoms with van der Waals surface area (Å²) in [6, 6.07) is 6.46. The number of ether oxygens (including phenoxy) is 1. The van der Waals surface area contributed by atoms with E-state index >= 15 is 0 Å². The molecule has 1 aliphatic carbocycles. The van der Waals surface area contributed by atoms with Gasteiger partial charge >= 0.3 is 5.63 Å². The molecule has 0 radical (unpaired) electrons. The van der Waals surface area contributed by atoms with Crippen molar-refractivity contribution >= 4 is 16.9 Å². The predicted octanol–water partition coefficient (Wildman–Crippen LogP) is 3.50. The highest BCUT2D eigenvalue weighted by molar-refractivity contribution is 6.05. The van der Waals surface area contributed by atoms with Crippen LogP contribution >= 0.6 is 0 Å². The summed E-state index contributed by atoms with van der Waals surface area (Å²) in [5.41, 5.74) is 0.204. The van der Waals surface area contributed by atoms with Crippen LogP contribution in [0.2, 0.25) is 0 Å². The molecule has 2 aromatic rings. The number of carbonyl (C=O) groups is 1. The Morgan fingerprint density at radius 2 is 2.04 bits per heavy atom. The van der Waals surface area contributed by atoms with Gasteiger partial charge in [-0.2, -0.15) is 0 Å². The molecule has 1 saturated carbocycles. The quantitative estimate of drug-likeness (QED) is 0.853. The molecule has 1 amide bonds. The summed E-state index contributed by atoms with van der Waals surface area (Å²) >= 11 is 0. The Kier molecular flexibility index (Phi) is 5.18. The lowest BCUT2D eigenvalue weighted by atomic mass is 9.89. The van der Waals surface area contributed by atoms with Crippen LogP contribution in [0.1, 0.15) is 49.4 Å². The summed E-state index contributed by atoms with van der Waals surface area (Å²) in [6.07, 6.45) is 6.08. The molecule has 0 saturated heterocycles. The van der Waals surface area contributed by atoms with Gasteiger partial charge in [-0.15, -0.1) is 0 Å². The fourth-order valence-corrected chi connectivity index (χ4v) is 3.31. The van der Waals surface area contributed by atoms with Gasteiger partial charge in [-0.1, -0.05) is 19.3 Å². The van der Waals surface area contributed by atoms with E-state index in [4.69, 9.17) is 9.15 Å². The van der Waals surface area contributed by atoms with E-state index in [9.17, 15) is 9.59 Å². The first kappa shape index (κ1) is 16.6. The smallest absolute Gasteiger partial charge is 0.337 e. The number of hydrogen-bond acceptors (Lipinski definition) is 4. The molecule has 1 heterocycles. The monoisotopic (exact) mass is 329 g/mol. The Morgan fingerprint density at radius 3 is 2.79 bits per heavy atom. The van der Waals surface area contributed by atoms with Crippen molar-refractivity contribution in [3.05, 3.63) is 40.2 Å². The van der Waals surface area contributed by atoms with Gasteiger partial charge in [0.1, 0.15) is 11.3 Å². The average Bonchev–Trinajstić information content (AvgIpc) is 2.60. The van der Waals surface area contributed by atoms with Gasteiger partial charge in [0, 0.05) is 24.1 Å². The van der Waals surface area contributed by atoms with Crippen molar-refractivity contribution in [3.8, 4) is 5.75 Å². The SMILES string of the molecule is CCOc1ccc2c(C(=O)NCC3CCCCC3)cc(=O)oc2c1. The summed E-state index contributed by atoms with van der Waals surface area (Å²) < 4.78 is 10.6. The van der Waals surface area contributed by atoms with Gasteiger partial charge in [0.25, 0.3) is 5.91 Å². The molecule has 3 rings (SSSR count). The van der Waals surface area contributed by atoms with Gasteiger partial charge in [-0.05, 0) is 37.8 Å². The molecule has 0 atom stereocenters. The Balaban J connectivity index is 1.81. The molecule has 1 aromatic carbocycles. The minimum absolute atomic E-state index is 0.220. The zero-order valence-electron chi connectivity index (χ0n) is 14.0. The number of carbonyl (C=O) groups excluding carboxylic acids is 1. The maximum atomic E-state index is 12.5. The van der Waals surface area contributed by atoms with E-state index < -0.39 is 5.63 Å². The van der Waals surface area contributed by atoms with E-state index in [2.05, 4.69) is 5.32 Å². The second-order valence-corrected chi connectivity index (χ2v) is 6.28. The summed E-state index contributed by atoms with van der Waals surface area (Å²) in [4.78, 5) is 24.3. The van der Waals surface area contributed by atoms with Crippen LogP contribution in [0.3, 0.4) is 0 Å². The number of benzene rings is 1. The van der Waals surface area contributed by atoms with Crippen LogP contribution < -0.4 is 15.7 Å². The van der Waals surface area contributed by atoms with Crippen molar-refractivity contribution in [2.75, 3.05) is 13.2 Å². The largest absolute Gasteiger partial charge is 0.494 e. The van der Waals surface area contributed by atoms with E-state index in [1.54, 1.807) is 18.2 Å². The van der Waals surface area contributed by atoms with Crippen molar-refractivity contribution in [1.82, 2.24) is 5.32 Å². The molecule has 0 aliphatic heterocycles. The van der Waals surface area contributed by atoms with Crippen LogP contribution in [-0.2, 0) is 0 Å². The zero-order chi connectivity index (χ0) is 16.9. The number of nitrogens with one attached hydrogen (secondary N) is 1. The van der Waals surface area contributed by atoms with Gasteiger partial charge in [0.2, 0.25) is 0 Å². The first-order chi connectivity index (χ1) is 11.7. The lowest BCUT2D eigenvalue weighted by Crippen LogP contribution is -2.30. The number of fused-ring (bicyclic) bond motifs is 1. The van der Waals surface area contributed by atoms with Crippen LogP contribution in [0.4, 0.5) is 0 Å². The first-order valence-electron chi connectivity index (χ1n) is 8.66. The zero-order valence-corrected chi connectivity index (χ0v) is 14.0. The van der Waals surface area contributed by atoms with Crippen molar-refractivity contribution in [2.45, 2.75) is 39.0 Å². The van der Waals surface area contributed by atoms with Gasteiger partial charge in [0.05, 0.1) is 12.2 Å². The van der Waals surface area contributed by atoms with Crippen LogP contribution in [0, 0.1) is 5.92 Å². The molecule has 0 spiro atoms. The molecular weight excluding hydrogens is 306 g/mol. The minimum Gasteiger partial charge on any atom is -0.494 e. The van der Waals surface area contributed by atoms with Crippen molar-refractivity contribution in [3.63, 3.8) is 0 Å². The van der Waals surface area contributed by atoms with Gasteiger partial charge in [-0.25, -0.2) is 4.79 Å². The Bertz CT molecular complexity index is 775. The molecule has 24 heavy (non-hydrogen) atoms. The normalized spacial score (nSPS) is 15.4. The maximum absolute atomic E-state index is 12.5. The number of amides is 1. The van der Waals surface area contributed by atoms with Crippen molar-refractivity contribution in [2.24, 2.45) is 5.92 Å². The molecule has 5 nitrogen and oxygen atoms in total. The summed E-state index contributed by atoms with van der Waals surface area (Å²) in [5.74, 6) is 0.939. The fourth-order valence-electron chi connectivity index (χ4n) is 3.31. The molecule has 1 aromatic heterocycles. The first-order valence-corrected chi connectivity index (χ1v) is 8.66. The van der Waals surface area contributed by atoms with E-state index in [-0.39, 0.29) is 5.91 Å². The fraction of sp³-hybridized carbons (Fsp3) is 0.474. The molecular formula is C19H23NO4. The van der Waals surface area contributed by atoms with Gasteiger partial charge in [0.15, 0.2) is 0 Å².